The molecule has 2 aromatic carbocycles. The molecule has 102 valence electrons. The summed E-state index contributed by atoms with van der Waals surface area (Å²) in [5, 5.41) is 0. The van der Waals surface area contributed by atoms with Gasteiger partial charge in [-0.15, -0.1) is 0 Å². The van der Waals surface area contributed by atoms with Crippen molar-refractivity contribution < 1.29 is 9.15 Å². The van der Waals surface area contributed by atoms with Crippen molar-refractivity contribution >= 4 is 11.1 Å². The number of nitrogens with zero attached hydrogens (tertiary/aromatic N) is 1. The first-order valence-electron chi connectivity index (χ1n) is 6.51. The van der Waals surface area contributed by atoms with Gasteiger partial charge >= 0.3 is 0 Å². The predicted molar refractivity (Wildman–Crippen MR) is 77.7 cm³/mol. The Hall–Kier alpha value is -2.33. The van der Waals surface area contributed by atoms with E-state index < -0.39 is 0 Å². The smallest absolute Gasteiger partial charge is 0.200 e. The lowest BCUT2D eigenvalue weighted by molar-refractivity contribution is 0.419. The summed E-state index contributed by atoms with van der Waals surface area (Å²) < 4.78 is 11.1. The molecule has 1 heterocycles. The number of fused-ring (bicyclic) bond motifs is 1. The molecule has 0 aliphatic rings. The van der Waals surface area contributed by atoms with E-state index in [9.17, 15) is 0 Å². The molecule has 2 N–H and O–H groups in total. The standard InChI is InChI=1S/C16H16N2O2/c1-19-13-7-4-8-14-16(13)18-15(20-14)9-11-5-2-3-6-12(11)10-17/h2-8H,9-10,17H2,1H3. The molecule has 0 saturated carbocycles. The van der Waals surface area contributed by atoms with Crippen molar-refractivity contribution in [1.29, 1.82) is 0 Å². The minimum absolute atomic E-state index is 0.514. The second kappa shape index (κ2) is 5.35. The van der Waals surface area contributed by atoms with E-state index in [1.54, 1.807) is 7.11 Å². The topological polar surface area (TPSA) is 61.3 Å². The number of para-hydroxylation sites is 1. The Labute approximate surface area is 117 Å². The average Bonchev–Trinajstić information content (AvgIpc) is 2.90. The number of nitrogens with two attached hydrogens (primary N) is 1. The zero-order chi connectivity index (χ0) is 13.9. The van der Waals surface area contributed by atoms with E-state index in [0.717, 1.165) is 28.0 Å². The molecule has 20 heavy (non-hydrogen) atoms. The third-order valence-corrected chi connectivity index (χ3v) is 3.33. The van der Waals surface area contributed by atoms with Crippen molar-refractivity contribution in [2.24, 2.45) is 5.73 Å². The highest BCUT2D eigenvalue weighted by Gasteiger charge is 2.11. The molecule has 0 bridgehead atoms. The SMILES string of the molecule is COc1cccc2oc(Cc3ccccc3CN)nc12. The van der Waals surface area contributed by atoms with Crippen molar-refractivity contribution in [3.05, 3.63) is 59.5 Å². The Morgan fingerprint density at radius 1 is 1.10 bits per heavy atom. The largest absolute Gasteiger partial charge is 0.494 e. The van der Waals surface area contributed by atoms with Crippen molar-refractivity contribution in [2.45, 2.75) is 13.0 Å². The van der Waals surface area contributed by atoms with E-state index in [1.165, 1.54) is 0 Å². The van der Waals surface area contributed by atoms with Crippen LogP contribution in [0.1, 0.15) is 17.0 Å². The first-order valence-corrected chi connectivity index (χ1v) is 6.51. The van der Waals surface area contributed by atoms with Crippen molar-refractivity contribution in [3.8, 4) is 5.75 Å². The summed E-state index contributed by atoms with van der Waals surface area (Å²) in [5.41, 5.74) is 9.51. The molecule has 0 fully saturated rings. The van der Waals surface area contributed by atoms with Crippen molar-refractivity contribution in [3.63, 3.8) is 0 Å². The van der Waals surface area contributed by atoms with Crippen LogP contribution in [0.4, 0.5) is 0 Å². The summed E-state index contributed by atoms with van der Waals surface area (Å²) in [4.78, 5) is 4.52. The van der Waals surface area contributed by atoms with Crippen LogP contribution in [0, 0.1) is 0 Å². The van der Waals surface area contributed by atoms with Crippen LogP contribution in [0.2, 0.25) is 0 Å². The molecule has 0 saturated heterocycles. The van der Waals surface area contributed by atoms with E-state index in [1.807, 2.05) is 42.5 Å². The molecule has 0 aliphatic carbocycles. The lowest BCUT2D eigenvalue weighted by Crippen LogP contribution is -2.01. The first-order chi connectivity index (χ1) is 9.81. The predicted octanol–water partition coefficient (Wildman–Crippen LogP) is 2.89. The van der Waals surface area contributed by atoms with Crippen LogP contribution in [-0.2, 0) is 13.0 Å². The van der Waals surface area contributed by atoms with Gasteiger partial charge in [0, 0.05) is 13.0 Å². The maximum atomic E-state index is 5.78. The lowest BCUT2D eigenvalue weighted by Gasteiger charge is -2.04. The Morgan fingerprint density at radius 2 is 1.90 bits per heavy atom. The fraction of sp³-hybridized carbons (Fsp3) is 0.188. The normalized spacial score (nSPS) is 10.9. The molecule has 0 spiro atoms. The van der Waals surface area contributed by atoms with Gasteiger partial charge in [0.25, 0.3) is 0 Å². The molecule has 0 atom stereocenters. The van der Waals surface area contributed by atoms with E-state index in [0.29, 0.717) is 18.9 Å². The molecule has 4 nitrogen and oxygen atoms in total. The van der Waals surface area contributed by atoms with Crippen molar-refractivity contribution in [2.75, 3.05) is 7.11 Å². The highest BCUT2D eigenvalue weighted by molar-refractivity contribution is 5.79. The lowest BCUT2D eigenvalue weighted by atomic mass is 10.0. The molecule has 4 heteroatoms. The van der Waals surface area contributed by atoms with Crippen LogP contribution in [0.3, 0.4) is 0 Å². The summed E-state index contributed by atoms with van der Waals surface area (Å²) in [6, 6.07) is 13.7. The maximum Gasteiger partial charge on any atom is 0.200 e. The zero-order valence-electron chi connectivity index (χ0n) is 11.3. The Bertz CT molecular complexity index is 734. The van der Waals surface area contributed by atoms with Gasteiger partial charge in [0.1, 0.15) is 5.75 Å². The van der Waals surface area contributed by atoms with Crippen LogP contribution < -0.4 is 10.5 Å². The van der Waals surface area contributed by atoms with Gasteiger partial charge in [0.15, 0.2) is 17.0 Å². The molecular weight excluding hydrogens is 252 g/mol. The van der Waals surface area contributed by atoms with E-state index in [4.69, 9.17) is 14.9 Å². The molecule has 0 radical (unpaired) electrons. The Morgan fingerprint density at radius 3 is 2.65 bits per heavy atom. The molecule has 3 rings (SSSR count). The Balaban J connectivity index is 1.99. The molecular formula is C16H16N2O2. The number of oxazole rings is 1. The van der Waals surface area contributed by atoms with Gasteiger partial charge in [0.05, 0.1) is 7.11 Å². The number of benzene rings is 2. The quantitative estimate of drug-likeness (QED) is 0.790. The van der Waals surface area contributed by atoms with Gasteiger partial charge in [-0.25, -0.2) is 4.98 Å². The summed E-state index contributed by atoms with van der Waals surface area (Å²) in [7, 11) is 1.63. The number of methoxy groups -OCH3 is 1. The van der Waals surface area contributed by atoms with Gasteiger partial charge in [-0.1, -0.05) is 30.3 Å². The highest BCUT2D eigenvalue weighted by atomic mass is 16.5. The number of ether oxygens (including phenoxy) is 1. The summed E-state index contributed by atoms with van der Waals surface area (Å²) in [5.74, 6) is 1.40. The fourth-order valence-corrected chi connectivity index (χ4v) is 2.30. The minimum atomic E-state index is 0.514. The molecule has 0 unspecified atom stereocenters. The minimum Gasteiger partial charge on any atom is -0.494 e. The van der Waals surface area contributed by atoms with Gasteiger partial charge in [-0.2, -0.15) is 0 Å². The second-order valence-electron chi connectivity index (χ2n) is 4.56. The molecule has 0 amide bonds. The molecule has 3 aromatic rings. The second-order valence-corrected chi connectivity index (χ2v) is 4.56. The van der Waals surface area contributed by atoms with Crippen LogP contribution >= 0.6 is 0 Å². The Kier molecular flexibility index (Phi) is 3.39. The third-order valence-electron chi connectivity index (χ3n) is 3.33. The summed E-state index contributed by atoms with van der Waals surface area (Å²) in [6.45, 7) is 0.514. The zero-order valence-corrected chi connectivity index (χ0v) is 11.3. The van der Waals surface area contributed by atoms with Gasteiger partial charge < -0.3 is 14.9 Å². The third kappa shape index (κ3) is 2.26. The van der Waals surface area contributed by atoms with Gasteiger partial charge in [-0.3, -0.25) is 0 Å². The monoisotopic (exact) mass is 268 g/mol. The summed E-state index contributed by atoms with van der Waals surface area (Å²) in [6.07, 6.45) is 0.630. The van der Waals surface area contributed by atoms with Crippen LogP contribution in [0.25, 0.3) is 11.1 Å². The number of hydrogen-bond donors (Lipinski definition) is 1. The summed E-state index contributed by atoms with van der Waals surface area (Å²) >= 11 is 0. The first kappa shape index (κ1) is 12.7. The number of rotatable bonds is 4. The average molecular weight is 268 g/mol. The van der Waals surface area contributed by atoms with E-state index >= 15 is 0 Å². The van der Waals surface area contributed by atoms with Gasteiger partial charge in [-0.05, 0) is 23.3 Å². The molecule has 1 aromatic heterocycles. The fourth-order valence-electron chi connectivity index (χ4n) is 2.30. The van der Waals surface area contributed by atoms with Crippen LogP contribution in [0.5, 0.6) is 5.75 Å². The van der Waals surface area contributed by atoms with Crippen LogP contribution in [-0.4, -0.2) is 12.1 Å². The van der Waals surface area contributed by atoms with Crippen LogP contribution in [0.15, 0.2) is 46.9 Å². The number of hydrogen-bond acceptors (Lipinski definition) is 4. The molecule has 0 aliphatic heterocycles. The van der Waals surface area contributed by atoms with Gasteiger partial charge in [0.2, 0.25) is 0 Å². The van der Waals surface area contributed by atoms with E-state index in [-0.39, 0.29) is 0 Å². The maximum absolute atomic E-state index is 5.78. The van der Waals surface area contributed by atoms with E-state index in [2.05, 4.69) is 4.98 Å². The van der Waals surface area contributed by atoms with Crippen molar-refractivity contribution in [1.82, 2.24) is 4.98 Å². The number of aromatic nitrogens is 1. The highest BCUT2D eigenvalue weighted by Crippen LogP contribution is 2.26.